The molecule has 0 aliphatic carbocycles. The lowest BCUT2D eigenvalue weighted by molar-refractivity contribution is -0.0522. The zero-order valence-electron chi connectivity index (χ0n) is 11.2. The highest BCUT2D eigenvalue weighted by Crippen LogP contribution is 2.25. The lowest BCUT2D eigenvalue weighted by Crippen LogP contribution is -2.51. The molecule has 0 radical (unpaired) electrons. The van der Waals surface area contributed by atoms with Crippen LogP contribution in [0.4, 0.5) is 13.2 Å². The number of nitrogens with one attached hydrogen (secondary N) is 1. The topological polar surface area (TPSA) is 58.6 Å². The Morgan fingerprint density at radius 3 is 2.71 bits per heavy atom. The first-order chi connectivity index (χ1) is 9.80. The van der Waals surface area contributed by atoms with E-state index in [1.54, 1.807) is 0 Å². The minimum atomic E-state index is -3.85. The lowest BCUT2D eigenvalue weighted by Gasteiger charge is -2.31. The van der Waals surface area contributed by atoms with E-state index in [4.69, 9.17) is 0 Å². The second kappa shape index (κ2) is 6.20. The zero-order chi connectivity index (χ0) is 15.6. The largest absolute Gasteiger partial charge is 0.432 e. The molecule has 0 saturated carbocycles. The van der Waals surface area contributed by atoms with E-state index in [2.05, 4.69) is 10.1 Å². The van der Waals surface area contributed by atoms with Gasteiger partial charge in [0.05, 0.1) is 4.90 Å². The van der Waals surface area contributed by atoms with E-state index in [0.29, 0.717) is 12.6 Å². The minimum absolute atomic E-state index is 0.0141. The summed E-state index contributed by atoms with van der Waals surface area (Å²) in [5, 5.41) is 3.09. The number of nitrogens with zero attached hydrogens (tertiary/aromatic N) is 1. The van der Waals surface area contributed by atoms with Crippen molar-refractivity contribution in [2.75, 3.05) is 19.6 Å². The Bertz CT molecular complexity index is 610. The molecule has 118 valence electrons. The molecule has 1 aliphatic heterocycles. The van der Waals surface area contributed by atoms with Crippen molar-refractivity contribution in [2.24, 2.45) is 0 Å². The van der Waals surface area contributed by atoms with Crippen molar-refractivity contribution in [3.63, 3.8) is 0 Å². The van der Waals surface area contributed by atoms with Crippen molar-refractivity contribution in [3.8, 4) is 5.75 Å². The number of benzene rings is 1. The Morgan fingerprint density at radius 1 is 1.43 bits per heavy atom. The van der Waals surface area contributed by atoms with Crippen LogP contribution in [0.5, 0.6) is 5.75 Å². The molecule has 1 fully saturated rings. The minimum Gasteiger partial charge on any atom is -0.432 e. The lowest BCUT2D eigenvalue weighted by atomic mass is 10.3. The molecule has 1 saturated heterocycles. The molecule has 1 unspecified atom stereocenters. The molecule has 1 aliphatic rings. The molecule has 0 bridgehead atoms. The van der Waals surface area contributed by atoms with Gasteiger partial charge in [0, 0.05) is 25.7 Å². The fourth-order valence-electron chi connectivity index (χ4n) is 2.10. The van der Waals surface area contributed by atoms with Gasteiger partial charge in [0.25, 0.3) is 0 Å². The van der Waals surface area contributed by atoms with Crippen LogP contribution in [0.25, 0.3) is 0 Å². The summed E-state index contributed by atoms with van der Waals surface area (Å²) in [5.74, 6) is -1.82. The van der Waals surface area contributed by atoms with E-state index < -0.39 is 28.2 Å². The Labute approximate surface area is 120 Å². The molecule has 1 atom stereocenters. The van der Waals surface area contributed by atoms with Crippen LogP contribution < -0.4 is 10.1 Å². The maximum atomic E-state index is 13.6. The second-order valence-corrected chi connectivity index (χ2v) is 6.63. The van der Waals surface area contributed by atoms with E-state index >= 15 is 0 Å². The number of hydrogen-bond acceptors (Lipinski definition) is 4. The summed E-state index contributed by atoms with van der Waals surface area (Å²) in [4.78, 5) is -0.282. The predicted octanol–water partition coefficient (Wildman–Crippen LogP) is 1.41. The van der Waals surface area contributed by atoms with E-state index in [1.165, 1.54) is 4.31 Å². The quantitative estimate of drug-likeness (QED) is 0.910. The van der Waals surface area contributed by atoms with Crippen LogP contribution >= 0.6 is 0 Å². The summed E-state index contributed by atoms with van der Waals surface area (Å²) < 4.78 is 67.6. The molecule has 5 nitrogen and oxygen atoms in total. The Kier molecular flexibility index (Phi) is 4.74. The molecule has 1 aromatic rings. The number of piperazine rings is 1. The smallest absolute Gasteiger partial charge is 0.387 e. The second-order valence-electron chi connectivity index (χ2n) is 4.69. The SMILES string of the molecule is CC1CN(S(=O)(=O)c2ccc(OC(F)F)c(F)c2)CCN1. The number of halogens is 3. The van der Waals surface area contributed by atoms with Crippen molar-refractivity contribution in [2.45, 2.75) is 24.5 Å². The van der Waals surface area contributed by atoms with Gasteiger partial charge in [0.2, 0.25) is 10.0 Å². The van der Waals surface area contributed by atoms with Crippen molar-refractivity contribution in [1.82, 2.24) is 9.62 Å². The number of sulfonamides is 1. The van der Waals surface area contributed by atoms with Gasteiger partial charge >= 0.3 is 6.61 Å². The molecular weight excluding hydrogens is 309 g/mol. The summed E-state index contributed by atoms with van der Waals surface area (Å²) in [6, 6.07) is 2.63. The standard InChI is InChI=1S/C12H15F3N2O3S/c1-8-7-17(5-4-16-8)21(18,19)9-2-3-11(10(13)6-9)20-12(14)15/h2-3,6,8,12,16H,4-5,7H2,1H3. The summed E-state index contributed by atoms with van der Waals surface area (Å²) in [5.41, 5.74) is 0. The molecule has 1 aromatic carbocycles. The van der Waals surface area contributed by atoms with Gasteiger partial charge in [-0.05, 0) is 25.1 Å². The van der Waals surface area contributed by atoms with Crippen LogP contribution in [0.15, 0.2) is 23.1 Å². The van der Waals surface area contributed by atoms with Crippen LogP contribution in [0.1, 0.15) is 6.92 Å². The number of alkyl halides is 2. The third-order valence-corrected chi connectivity index (χ3v) is 4.95. The number of hydrogen-bond donors (Lipinski definition) is 1. The average molecular weight is 324 g/mol. The Morgan fingerprint density at radius 2 is 2.14 bits per heavy atom. The molecule has 1 heterocycles. The maximum absolute atomic E-state index is 13.6. The van der Waals surface area contributed by atoms with Gasteiger partial charge in [-0.1, -0.05) is 0 Å². The summed E-state index contributed by atoms with van der Waals surface area (Å²) in [7, 11) is -3.85. The molecule has 0 spiro atoms. The van der Waals surface area contributed by atoms with Gasteiger partial charge in [-0.3, -0.25) is 0 Å². The molecule has 0 aromatic heterocycles. The zero-order valence-corrected chi connectivity index (χ0v) is 12.0. The molecule has 21 heavy (non-hydrogen) atoms. The van der Waals surface area contributed by atoms with Crippen LogP contribution in [0.3, 0.4) is 0 Å². The van der Waals surface area contributed by atoms with Crippen LogP contribution in [0.2, 0.25) is 0 Å². The van der Waals surface area contributed by atoms with Crippen molar-refractivity contribution < 1.29 is 26.3 Å². The van der Waals surface area contributed by atoms with Gasteiger partial charge in [0.1, 0.15) is 0 Å². The third-order valence-electron chi connectivity index (χ3n) is 3.09. The first-order valence-electron chi connectivity index (χ1n) is 6.28. The fourth-order valence-corrected chi connectivity index (χ4v) is 3.64. The molecule has 1 N–H and O–H groups in total. The van der Waals surface area contributed by atoms with Crippen LogP contribution in [0, 0.1) is 5.82 Å². The molecule has 0 amide bonds. The predicted molar refractivity (Wildman–Crippen MR) is 69.3 cm³/mol. The van der Waals surface area contributed by atoms with Crippen LogP contribution in [-0.2, 0) is 10.0 Å². The maximum Gasteiger partial charge on any atom is 0.387 e. The van der Waals surface area contributed by atoms with E-state index in [1.807, 2.05) is 6.92 Å². The van der Waals surface area contributed by atoms with Gasteiger partial charge < -0.3 is 10.1 Å². The molecule has 2 rings (SSSR count). The van der Waals surface area contributed by atoms with Crippen molar-refractivity contribution in [1.29, 1.82) is 0 Å². The molecular formula is C12H15F3N2O3S. The van der Waals surface area contributed by atoms with Gasteiger partial charge in [-0.15, -0.1) is 0 Å². The highest BCUT2D eigenvalue weighted by atomic mass is 32.2. The Balaban J connectivity index is 2.26. The van der Waals surface area contributed by atoms with Gasteiger partial charge in [-0.25, -0.2) is 12.8 Å². The first-order valence-corrected chi connectivity index (χ1v) is 7.72. The third kappa shape index (κ3) is 3.66. The average Bonchev–Trinajstić information content (AvgIpc) is 2.40. The molecule has 9 heteroatoms. The van der Waals surface area contributed by atoms with Crippen LogP contribution in [-0.4, -0.2) is 45.0 Å². The van der Waals surface area contributed by atoms with E-state index in [0.717, 1.165) is 12.1 Å². The van der Waals surface area contributed by atoms with E-state index in [-0.39, 0.29) is 24.0 Å². The number of ether oxygens (including phenoxy) is 1. The van der Waals surface area contributed by atoms with E-state index in [9.17, 15) is 21.6 Å². The summed E-state index contributed by atoms with van der Waals surface area (Å²) in [6.07, 6.45) is 0. The van der Waals surface area contributed by atoms with Crippen molar-refractivity contribution in [3.05, 3.63) is 24.0 Å². The first kappa shape index (κ1) is 16.1. The monoisotopic (exact) mass is 324 g/mol. The summed E-state index contributed by atoms with van der Waals surface area (Å²) in [6.45, 7) is -0.309. The fraction of sp³-hybridized carbons (Fsp3) is 0.500. The number of rotatable bonds is 4. The highest BCUT2D eigenvalue weighted by Gasteiger charge is 2.29. The highest BCUT2D eigenvalue weighted by molar-refractivity contribution is 7.89. The van der Waals surface area contributed by atoms with Crippen molar-refractivity contribution >= 4 is 10.0 Å². The Hall–Kier alpha value is -1.32. The van der Waals surface area contributed by atoms with Gasteiger partial charge in [-0.2, -0.15) is 13.1 Å². The summed E-state index contributed by atoms with van der Waals surface area (Å²) >= 11 is 0. The normalized spacial score (nSPS) is 20.7. The van der Waals surface area contributed by atoms with Gasteiger partial charge in [0.15, 0.2) is 11.6 Å².